The van der Waals surface area contributed by atoms with Gasteiger partial charge in [0.15, 0.2) is 0 Å². The fraction of sp³-hybridized carbons (Fsp3) is 0.617. The van der Waals surface area contributed by atoms with Crippen LogP contribution in [0.4, 0.5) is 0 Å². The van der Waals surface area contributed by atoms with Crippen molar-refractivity contribution in [3.05, 3.63) is 185 Å². The van der Waals surface area contributed by atoms with Crippen LogP contribution in [-0.4, -0.2) is 82.3 Å². The summed E-state index contributed by atoms with van der Waals surface area (Å²) < 4.78 is 53.9. The summed E-state index contributed by atoms with van der Waals surface area (Å²) in [5.41, 5.74) is 13.4. The molecule has 0 radical (unpaired) electrons. The fourth-order valence-electron chi connectivity index (χ4n) is 18.4. The van der Waals surface area contributed by atoms with Gasteiger partial charge in [0.1, 0.15) is 40.2 Å². The number of unbranched alkanes of at least 4 members (excludes halogenated alkanes) is 51. The number of nitrogens with zero attached hydrogens (tertiary/aromatic N) is 4. The number of fused-ring (bicyclic) bond motifs is 4. The predicted octanol–water partition coefficient (Wildman–Crippen LogP) is 35.7. The van der Waals surface area contributed by atoms with Gasteiger partial charge in [-0.3, -0.25) is 0 Å². The predicted molar refractivity (Wildman–Crippen MR) is 566 cm³/mol. The Morgan fingerprint density at radius 2 is 0.386 bits per heavy atom. The lowest BCUT2D eigenvalue weighted by Crippen LogP contribution is -2.06. The largest absolute Gasteiger partial charge is 0.494 e. The zero-order valence-corrected chi connectivity index (χ0v) is 84.0. The Hall–Kier alpha value is -8.22. The van der Waals surface area contributed by atoms with Crippen molar-refractivity contribution in [2.45, 2.75) is 420 Å². The lowest BCUT2D eigenvalue weighted by molar-refractivity contribution is 0.134. The number of allylic oxidation sites excluding steroid dienone is 12. The van der Waals surface area contributed by atoms with Gasteiger partial charge < -0.3 is 37.9 Å². The van der Waals surface area contributed by atoms with Crippen LogP contribution in [0.1, 0.15) is 443 Å². The second-order valence-electron chi connectivity index (χ2n) is 38.0. The van der Waals surface area contributed by atoms with Gasteiger partial charge in [0.05, 0.1) is 91.9 Å². The Labute approximate surface area is 803 Å². The van der Waals surface area contributed by atoms with Crippen LogP contribution < -0.4 is 33.2 Å². The lowest BCUT2D eigenvalue weighted by Gasteiger charge is -2.17. The van der Waals surface area contributed by atoms with Crippen molar-refractivity contribution in [1.82, 2.24) is 0 Å². The molecule has 0 N–H and O–H groups in total. The number of aliphatic imine (C=N–C) groups is 4. The fourth-order valence-corrected chi connectivity index (χ4v) is 18.4. The van der Waals surface area contributed by atoms with Crippen molar-refractivity contribution >= 4 is 45.1 Å². The topological polar surface area (TPSA) is 123 Å². The van der Waals surface area contributed by atoms with Gasteiger partial charge in [0.2, 0.25) is 0 Å². The molecule has 5 aliphatic heterocycles. The Balaban J connectivity index is 1.18. The molecule has 0 atom stereocenters. The molecule has 4 aromatic rings. The van der Waals surface area contributed by atoms with Crippen LogP contribution in [0, 0.1) is 0 Å². The Kier molecular flexibility index (Phi) is 55.9. The lowest BCUT2D eigenvalue weighted by atomic mass is 9.97. The van der Waals surface area contributed by atoms with Crippen molar-refractivity contribution in [3.8, 4) is 40.2 Å². The normalized spacial score (nSPS) is 13.9. The standard InChI is InChI=1S/C120H178N4O8/c1-8-15-22-28-34-45-54-62-83-127-103-89-99(90-104(95-103)128-84-63-55-46-35-29-23-16-9-2)118-111-74-72-109(121-111)117(98-68-70-102(71-69-98)126-82-61-53-51-43-41-40-42-44-52-60-81-125-80-21-14-7)110-73-75-112(122-110)119(100-91-105(129-85-64-56-47-36-30-24-17-10-3)96-106(92-100)130-86-65-57-48-37-31-25-18-11-4)114-77-79-116(124-114)120(115-78-76-113(118)123-115)101-93-107(131-87-66-58-49-38-32-26-19-12-5)97-108(94-101)132-88-67-59-50-39-33-27-20-13-6/h14,68-79,89-97H,7-13,15-67,80-88H2,1-6H3. The molecule has 9 rings (SSSR count). The minimum Gasteiger partial charge on any atom is -0.494 e. The highest BCUT2D eigenvalue weighted by Crippen LogP contribution is 2.43. The van der Waals surface area contributed by atoms with Crippen molar-refractivity contribution in [2.75, 3.05) is 59.5 Å². The van der Waals surface area contributed by atoms with E-state index in [1.54, 1.807) is 0 Å². The Morgan fingerprint density at radius 3 is 0.598 bits per heavy atom. The third-order valence-corrected chi connectivity index (χ3v) is 26.3. The molecule has 0 spiro atoms. The highest BCUT2D eigenvalue weighted by Gasteiger charge is 2.30. The average Bonchev–Trinajstić information content (AvgIpc) is 1.60. The SMILES string of the molecule is C=CCCOCCCCCCCCCCCCOc1ccc(C2=C3C=CC(=N3)C(c3cc(OCCCCCCCCCC)cc(OCCCCCCCCCC)c3)=C3C=CC(=N3)C(c3cc(OCCCCCCCCCC)cc(OCCCCCCCCCC)c3)=C3C=CC(=N3)C(c3cc(OCCCCCCCCCC)cc(OCCCCCCCCCC)c3)=C3C=CC2=N3)cc1. The minimum atomic E-state index is 0.609. The van der Waals surface area contributed by atoms with E-state index >= 15 is 0 Å². The Morgan fingerprint density at radius 1 is 0.197 bits per heavy atom. The number of ether oxygens (including phenoxy) is 8. The molecule has 0 fully saturated rings. The molecule has 0 unspecified atom stereocenters. The molecule has 132 heavy (non-hydrogen) atoms. The molecule has 12 heteroatoms. The van der Waals surface area contributed by atoms with Gasteiger partial charge in [-0.25, -0.2) is 20.0 Å². The molecule has 4 aromatic carbocycles. The summed E-state index contributed by atoms with van der Waals surface area (Å²) in [4.78, 5) is 23.6. The summed E-state index contributed by atoms with van der Waals surface area (Å²) in [7, 11) is 0. The third-order valence-electron chi connectivity index (χ3n) is 26.3. The van der Waals surface area contributed by atoms with Gasteiger partial charge in [-0.05, 0) is 177 Å². The molecule has 12 nitrogen and oxygen atoms in total. The first-order chi connectivity index (χ1) is 65.3. The second kappa shape index (κ2) is 68.7. The van der Waals surface area contributed by atoms with E-state index in [0.717, 1.165) is 246 Å². The summed E-state index contributed by atoms with van der Waals surface area (Å²) in [6.07, 6.45) is 91.1. The maximum absolute atomic E-state index is 6.95. The van der Waals surface area contributed by atoms with E-state index in [4.69, 9.17) is 57.9 Å². The molecule has 726 valence electrons. The molecule has 0 saturated heterocycles. The number of hydrogen-bond donors (Lipinski definition) is 0. The highest BCUT2D eigenvalue weighted by molar-refractivity contribution is 6.39. The molecule has 0 aromatic heterocycles. The van der Waals surface area contributed by atoms with Crippen LogP contribution >= 0.6 is 0 Å². The molecule has 8 bridgehead atoms. The van der Waals surface area contributed by atoms with Gasteiger partial charge in [0, 0.05) is 53.7 Å². The Bertz CT molecular complexity index is 4080. The van der Waals surface area contributed by atoms with Gasteiger partial charge in [-0.1, -0.05) is 381 Å². The smallest absolute Gasteiger partial charge is 0.123 e. The number of hydrogen-bond acceptors (Lipinski definition) is 12. The van der Waals surface area contributed by atoms with E-state index in [0.29, 0.717) is 46.2 Å². The van der Waals surface area contributed by atoms with Crippen LogP contribution in [0.15, 0.2) is 183 Å². The minimum absolute atomic E-state index is 0.609. The summed E-state index contributed by atoms with van der Waals surface area (Å²) in [5.74, 6) is 5.49. The molecular formula is C120H178N4O8. The van der Waals surface area contributed by atoms with Crippen molar-refractivity contribution < 1.29 is 37.9 Å². The van der Waals surface area contributed by atoms with Gasteiger partial charge >= 0.3 is 0 Å². The zero-order valence-electron chi connectivity index (χ0n) is 84.0. The summed E-state index contributed by atoms with van der Waals surface area (Å²) in [6, 6.07) is 28.2. The zero-order chi connectivity index (χ0) is 92.4. The third kappa shape index (κ3) is 42.0. The summed E-state index contributed by atoms with van der Waals surface area (Å²) >= 11 is 0. The molecule has 0 aliphatic carbocycles. The maximum atomic E-state index is 6.95. The van der Waals surface area contributed by atoms with Crippen LogP contribution in [0.2, 0.25) is 0 Å². The van der Waals surface area contributed by atoms with Crippen LogP contribution in [0.25, 0.3) is 22.3 Å². The molecule has 5 heterocycles. The van der Waals surface area contributed by atoms with E-state index in [9.17, 15) is 0 Å². The number of rotatable bonds is 81. The average molecular weight is 1800 g/mol. The van der Waals surface area contributed by atoms with E-state index in [-0.39, 0.29) is 0 Å². The van der Waals surface area contributed by atoms with Crippen molar-refractivity contribution in [3.63, 3.8) is 0 Å². The number of benzene rings is 4. The first-order valence-corrected chi connectivity index (χ1v) is 54.5. The molecule has 5 aliphatic rings. The summed E-state index contributed by atoms with van der Waals surface area (Å²) in [5, 5.41) is 0. The molecule has 0 saturated carbocycles. The van der Waals surface area contributed by atoms with E-state index in [1.165, 1.54) is 276 Å². The van der Waals surface area contributed by atoms with E-state index < -0.39 is 0 Å². The van der Waals surface area contributed by atoms with Gasteiger partial charge in [-0.15, -0.1) is 6.58 Å². The van der Waals surface area contributed by atoms with Crippen LogP contribution in [0.5, 0.6) is 40.2 Å². The van der Waals surface area contributed by atoms with Gasteiger partial charge in [-0.2, -0.15) is 0 Å². The first-order valence-electron chi connectivity index (χ1n) is 54.5. The van der Waals surface area contributed by atoms with Gasteiger partial charge in [0.25, 0.3) is 0 Å². The van der Waals surface area contributed by atoms with Crippen molar-refractivity contribution in [2.24, 2.45) is 20.0 Å². The van der Waals surface area contributed by atoms with E-state index in [2.05, 4.69) is 176 Å². The quantitative estimate of drug-likeness (QED) is 0.0316. The monoisotopic (exact) mass is 1800 g/mol. The van der Waals surface area contributed by atoms with E-state index in [1.807, 2.05) is 6.08 Å². The highest BCUT2D eigenvalue weighted by atomic mass is 16.5. The van der Waals surface area contributed by atoms with Crippen molar-refractivity contribution in [1.29, 1.82) is 0 Å². The second-order valence-corrected chi connectivity index (χ2v) is 38.0. The molecule has 0 amide bonds. The van der Waals surface area contributed by atoms with Crippen LogP contribution in [0.3, 0.4) is 0 Å². The maximum Gasteiger partial charge on any atom is 0.123 e. The summed E-state index contributed by atoms with van der Waals surface area (Å²) in [6.45, 7) is 23.6. The van der Waals surface area contributed by atoms with Crippen LogP contribution in [-0.2, 0) is 4.74 Å². The first kappa shape index (κ1) is 107. The molecular weight excluding hydrogens is 1630 g/mol.